The van der Waals surface area contributed by atoms with Crippen LogP contribution in [0.25, 0.3) is 11.1 Å². The number of benzene rings is 1. The second-order valence-electron chi connectivity index (χ2n) is 3.99. The van der Waals surface area contributed by atoms with Crippen molar-refractivity contribution < 1.29 is 0 Å². The van der Waals surface area contributed by atoms with Gasteiger partial charge in [-0.25, -0.2) is 0 Å². The summed E-state index contributed by atoms with van der Waals surface area (Å²) in [6, 6.07) is 8.60. The molecule has 0 fully saturated rings. The number of hydrogen-bond acceptors (Lipinski definition) is 2. The van der Waals surface area contributed by atoms with Gasteiger partial charge in [-0.2, -0.15) is 5.10 Å². The van der Waals surface area contributed by atoms with Crippen LogP contribution in [0, 0.1) is 6.92 Å². The zero-order chi connectivity index (χ0) is 11.5. The Labute approximate surface area is 96.1 Å². The van der Waals surface area contributed by atoms with E-state index in [0.29, 0.717) is 0 Å². The van der Waals surface area contributed by atoms with Crippen molar-refractivity contribution >= 4 is 0 Å². The zero-order valence-electron chi connectivity index (χ0n) is 9.99. The Balaban J connectivity index is 2.31. The predicted octanol–water partition coefficient (Wildman–Crippen LogP) is 2.11. The number of hydrogen-bond donors (Lipinski definition) is 1. The molecule has 0 saturated heterocycles. The fraction of sp³-hybridized carbons (Fsp3) is 0.308. The van der Waals surface area contributed by atoms with Crippen molar-refractivity contribution in [1.82, 2.24) is 15.1 Å². The summed E-state index contributed by atoms with van der Waals surface area (Å²) in [6.45, 7) is 3.00. The van der Waals surface area contributed by atoms with E-state index >= 15 is 0 Å². The van der Waals surface area contributed by atoms with E-state index in [1.54, 1.807) is 0 Å². The van der Waals surface area contributed by atoms with Gasteiger partial charge in [0.2, 0.25) is 0 Å². The van der Waals surface area contributed by atoms with Gasteiger partial charge in [0.25, 0.3) is 0 Å². The molecule has 2 aromatic rings. The first-order chi connectivity index (χ1) is 7.72. The lowest BCUT2D eigenvalue weighted by Gasteiger charge is -2.03. The monoisotopic (exact) mass is 215 g/mol. The fourth-order valence-corrected chi connectivity index (χ4v) is 1.79. The predicted molar refractivity (Wildman–Crippen MR) is 66.1 cm³/mol. The average Bonchev–Trinajstić information content (AvgIpc) is 2.62. The Morgan fingerprint density at radius 1 is 1.25 bits per heavy atom. The van der Waals surface area contributed by atoms with E-state index in [4.69, 9.17) is 0 Å². The first-order valence-electron chi connectivity index (χ1n) is 5.45. The first-order valence-corrected chi connectivity index (χ1v) is 5.45. The van der Waals surface area contributed by atoms with Gasteiger partial charge in [0, 0.05) is 24.8 Å². The topological polar surface area (TPSA) is 29.9 Å². The molecule has 3 heteroatoms. The van der Waals surface area contributed by atoms with Crippen LogP contribution in [0.1, 0.15) is 11.3 Å². The Morgan fingerprint density at radius 2 is 1.94 bits per heavy atom. The lowest BCUT2D eigenvalue weighted by Crippen LogP contribution is -2.04. The van der Waals surface area contributed by atoms with Crippen molar-refractivity contribution in [2.24, 2.45) is 7.05 Å². The molecule has 0 spiro atoms. The molecule has 1 aromatic heterocycles. The quantitative estimate of drug-likeness (QED) is 0.850. The lowest BCUT2D eigenvalue weighted by molar-refractivity contribution is 0.740. The van der Waals surface area contributed by atoms with Crippen LogP contribution in [0.4, 0.5) is 0 Å². The van der Waals surface area contributed by atoms with Crippen molar-refractivity contribution in [3.8, 4) is 11.1 Å². The van der Waals surface area contributed by atoms with Gasteiger partial charge in [0.1, 0.15) is 0 Å². The van der Waals surface area contributed by atoms with Gasteiger partial charge in [-0.05, 0) is 25.1 Å². The zero-order valence-corrected chi connectivity index (χ0v) is 9.99. The van der Waals surface area contributed by atoms with Crippen molar-refractivity contribution in [2.75, 3.05) is 7.05 Å². The summed E-state index contributed by atoms with van der Waals surface area (Å²) in [4.78, 5) is 0. The highest BCUT2D eigenvalue weighted by Gasteiger charge is 2.05. The highest BCUT2D eigenvalue weighted by molar-refractivity contribution is 5.65. The third-order valence-electron chi connectivity index (χ3n) is 2.88. The SMILES string of the molecule is CNCc1ccc(-c2cnn(C)c2C)cc1. The van der Waals surface area contributed by atoms with Crippen molar-refractivity contribution in [3.63, 3.8) is 0 Å². The minimum absolute atomic E-state index is 0.909. The molecule has 2 rings (SSSR count). The van der Waals surface area contributed by atoms with Crippen LogP contribution in [0.3, 0.4) is 0 Å². The van der Waals surface area contributed by atoms with Crippen molar-refractivity contribution in [1.29, 1.82) is 0 Å². The summed E-state index contributed by atoms with van der Waals surface area (Å²) in [7, 11) is 3.92. The number of nitrogens with zero attached hydrogens (tertiary/aromatic N) is 2. The number of rotatable bonds is 3. The molecular formula is C13H17N3. The van der Waals surface area contributed by atoms with Crippen LogP contribution in [0.15, 0.2) is 30.5 Å². The van der Waals surface area contributed by atoms with Gasteiger partial charge >= 0.3 is 0 Å². The Morgan fingerprint density at radius 3 is 2.44 bits per heavy atom. The molecule has 0 atom stereocenters. The van der Waals surface area contributed by atoms with Crippen LogP contribution in [0.2, 0.25) is 0 Å². The summed E-state index contributed by atoms with van der Waals surface area (Å²) in [5, 5.41) is 7.40. The third-order valence-corrected chi connectivity index (χ3v) is 2.88. The molecule has 1 aromatic carbocycles. The van der Waals surface area contributed by atoms with Gasteiger partial charge < -0.3 is 5.32 Å². The maximum atomic E-state index is 4.26. The smallest absolute Gasteiger partial charge is 0.0571 e. The summed E-state index contributed by atoms with van der Waals surface area (Å²) in [5.74, 6) is 0. The number of nitrogens with one attached hydrogen (secondary N) is 1. The van der Waals surface area contributed by atoms with E-state index in [9.17, 15) is 0 Å². The lowest BCUT2D eigenvalue weighted by atomic mass is 10.0. The maximum absolute atomic E-state index is 4.26. The summed E-state index contributed by atoms with van der Waals surface area (Å²) < 4.78 is 1.90. The van der Waals surface area contributed by atoms with Crippen molar-refractivity contribution in [2.45, 2.75) is 13.5 Å². The molecule has 0 unspecified atom stereocenters. The van der Waals surface area contributed by atoms with E-state index in [1.807, 2.05) is 25.0 Å². The highest BCUT2D eigenvalue weighted by Crippen LogP contribution is 2.22. The third kappa shape index (κ3) is 1.99. The molecule has 0 bridgehead atoms. The average molecular weight is 215 g/mol. The summed E-state index contributed by atoms with van der Waals surface area (Å²) in [5.41, 5.74) is 4.93. The minimum Gasteiger partial charge on any atom is -0.316 e. The van der Waals surface area contributed by atoms with Crippen LogP contribution in [0.5, 0.6) is 0 Å². The first kappa shape index (κ1) is 10.9. The van der Waals surface area contributed by atoms with Gasteiger partial charge in [-0.15, -0.1) is 0 Å². The molecule has 1 heterocycles. The van der Waals surface area contributed by atoms with E-state index < -0.39 is 0 Å². The Bertz CT molecular complexity index is 468. The summed E-state index contributed by atoms with van der Waals surface area (Å²) >= 11 is 0. The van der Waals surface area contributed by atoms with Gasteiger partial charge in [-0.1, -0.05) is 24.3 Å². The van der Waals surface area contributed by atoms with E-state index in [1.165, 1.54) is 22.4 Å². The van der Waals surface area contributed by atoms with Crippen LogP contribution >= 0.6 is 0 Å². The van der Waals surface area contributed by atoms with Gasteiger partial charge in [-0.3, -0.25) is 4.68 Å². The van der Waals surface area contributed by atoms with E-state index in [2.05, 4.69) is 41.6 Å². The number of aryl methyl sites for hydroxylation is 1. The van der Waals surface area contributed by atoms with E-state index in [0.717, 1.165) is 6.54 Å². The van der Waals surface area contributed by atoms with Crippen LogP contribution in [-0.4, -0.2) is 16.8 Å². The summed E-state index contributed by atoms with van der Waals surface area (Å²) in [6.07, 6.45) is 1.92. The molecule has 0 aliphatic rings. The second kappa shape index (κ2) is 4.49. The van der Waals surface area contributed by atoms with Crippen LogP contribution < -0.4 is 5.32 Å². The molecule has 84 valence electrons. The van der Waals surface area contributed by atoms with E-state index in [-0.39, 0.29) is 0 Å². The Kier molecular flexibility index (Phi) is 3.06. The molecule has 16 heavy (non-hydrogen) atoms. The van der Waals surface area contributed by atoms with Crippen LogP contribution in [-0.2, 0) is 13.6 Å². The molecule has 3 nitrogen and oxygen atoms in total. The van der Waals surface area contributed by atoms with Gasteiger partial charge in [0.15, 0.2) is 0 Å². The standard InChI is InChI=1S/C13H17N3/c1-10-13(9-15-16(10)3)12-6-4-11(5-7-12)8-14-2/h4-7,9,14H,8H2,1-3H3. The molecule has 0 radical (unpaired) electrons. The molecule has 0 aliphatic carbocycles. The normalized spacial score (nSPS) is 10.7. The largest absolute Gasteiger partial charge is 0.316 e. The molecule has 0 amide bonds. The fourth-order valence-electron chi connectivity index (χ4n) is 1.79. The number of aromatic nitrogens is 2. The second-order valence-corrected chi connectivity index (χ2v) is 3.99. The molecular weight excluding hydrogens is 198 g/mol. The van der Waals surface area contributed by atoms with Crippen molar-refractivity contribution in [3.05, 3.63) is 41.7 Å². The molecule has 0 saturated carbocycles. The maximum Gasteiger partial charge on any atom is 0.0571 e. The minimum atomic E-state index is 0.909. The Hall–Kier alpha value is -1.61. The highest BCUT2D eigenvalue weighted by atomic mass is 15.3. The van der Waals surface area contributed by atoms with Gasteiger partial charge in [0.05, 0.1) is 6.20 Å². The molecule has 0 aliphatic heterocycles. The molecule has 1 N–H and O–H groups in total.